The molecule has 1 aliphatic rings. The standard InChI is InChI=1S/C14H21NO4/c1-9-4-11(17-2)12(18-3)5-10(9)13(15)14(6-16)7-19-8-14/h4-5,13,16H,6-8,15H2,1-3H3. The van der Waals surface area contributed by atoms with Crippen molar-refractivity contribution in [2.75, 3.05) is 34.0 Å². The van der Waals surface area contributed by atoms with Gasteiger partial charge < -0.3 is 25.1 Å². The van der Waals surface area contributed by atoms with Gasteiger partial charge in [-0.15, -0.1) is 0 Å². The van der Waals surface area contributed by atoms with Gasteiger partial charge in [0.1, 0.15) is 0 Å². The van der Waals surface area contributed by atoms with Crippen LogP contribution in [0.4, 0.5) is 0 Å². The van der Waals surface area contributed by atoms with Crippen LogP contribution in [0.1, 0.15) is 17.2 Å². The lowest BCUT2D eigenvalue weighted by molar-refractivity contribution is -0.150. The summed E-state index contributed by atoms with van der Waals surface area (Å²) in [4.78, 5) is 0. The molecule has 1 aliphatic heterocycles. The summed E-state index contributed by atoms with van der Waals surface area (Å²) in [7, 11) is 3.20. The zero-order valence-electron chi connectivity index (χ0n) is 11.6. The normalized spacial score (nSPS) is 18.6. The molecule has 0 saturated carbocycles. The lowest BCUT2D eigenvalue weighted by Crippen LogP contribution is -2.53. The molecule has 1 heterocycles. The smallest absolute Gasteiger partial charge is 0.161 e. The van der Waals surface area contributed by atoms with Gasteiger partial charge in [0.2, 0.25) is 0 Å². The minimum atomic E-state index is -0.385. The van der Waals surface area contributed by atoms with Gasteiger partial charge in [-0.2, -0.15) is 0 Å². The summed E-state index contributed by atoms with van der Waals surface area (Å²) in [5.74, 6) is 1.32. The van der Waals surface area contributed by atoms with Crippen molar-refractivity contribution in [3.05, 3.63) is 23.3 Å². The van der Waals surface area contributed by atoms with Crippen LogP contribution in [0.5, 0.6) is 11.5 Å². The van der Waals surface area contributed by atoms with Gasteiger partial charge in [-0.25, -0.2) is 0 Å². The van der Waals surface area contributed by atoms with Gasteiger partial charge in [-0.3, -0.25) is 0 Å². The Morgan fingerprint density at radius 1 is 1.32 bits per heavy atom. The van der Waals surface area contributed by atoms with Crippen molar-refractivity contribution in [3.63, 3.8) is 0 Å². The number of hydrogen-bond donors (Lipinski definition) is 2. The van der Waals surface area contributed by atoms with Crippen molar-refractivity contribution in [1.29, 1.82) is 0 Å². The van der Waals surface area contributed by atoms with Crippen LogP contribution in [0.25, 0.3) is 0 Å². The second-order valence-electron chi connectivity index (χ2n) is 5.05. The Kier molecular flexibility index (Phi) is 3.99. The number of hydrogen-bond acceptors (Lipinski definition) is 5. The summed E-state index contributed by atoms with van der Waals surface area (Å²) in [5, 5.41) is 9.57. The van der Waals surface area contributed by atoms with E-state index >= 15 is 0 Å². The van der Waals surface area contributed by atoms with Gasteiger partial charge in [-0.05, 0) is 30.2 Å². The first kappa shape index (κ1) is 14.1. The van der Waals surface area contributed by atoms with E-state index < -0.39 is 0 Å². The number of rotatable bonds is 5. The van der Waals surface area contributed by atoms with Crippen molar-refractivity contribution < 1.29 is 19.3 Å². The van der Waals surface area contributed by atoms with Crippen molar-refractivity contribution >= 4 is 0 Å². The first-order valence-corrected chi connectivity index (χ1v) is 6.24. The predicted molar refractivity (Wildman–Crippen MR) is 71.5 cm³/mol. The van der Waals surface area contributed by atoms with Crippen LogP contribution in [0.15, 0.2) is 12.1 Å². The van der Waals surface area contributed by atoms with Crippen LogP contribution >= 0.6 is 0 Å². The number of aliphatic hydroxyl groups is 1. The summed E-state index contributed by atoms with van der Waals surface area (Å²) in [5.41, 5.74) is 7.91. The molecule has 1 fully saturated rings. The summed E-state index contributed by atoms with van der Waals surface area (Å²) in [6.07, 6.45) is 0. The fourth-order valence-corrected chi connectivity index (χ4v) is 2.39. The molecule has 0 aromatic heterocycles. The highest BCUT2D eigenvalue weighted by Crippen LogP contribution is 2.42. The van der Waals surface area contributed by atoms with Gasteiger partial charge in [-0.1, -0.05) is 0 Å². The second kappa shape index (κ2) is 5.36. The maximum atomic E-state index is 9.57. The Morgan fingerprint density at radius 3 is 2.32 bits per heavy atom. The summed E-state index contributed by atoms with van der Waals surface area (Å²) >= 11 is 0. The number of aryl methyl sites for hydroxylation is 1. The largest absolute Gasteiger partial charge is 0.493 e. The van der Waals surface area contributed by atoms with E-state index in [0.717, 1.165) is 11.1 Å². The zero-order chi connectivity index (χ0) is 14.0. The molecular weight excluding hydrogens is 246 g/mol. The van der Waals surface area contributed by atoms with Gasteiger partial charge in [0, 0.05) is 6.04 Å². The van der Waals surface area contributed by atoms with E-state index in [2.05, 4.69) is 0 Å². The Morgan fingerprint density at radius 2 is 1.89 bits per heavy atom. The number of aliphatic hydroxyl groups excluding tert-OH is 1. The maximum Gasteiger partial charge on any atom is 0.161 e. The summed E-state index contributed by atoms with van der Waals surface area (Å²) in [6.45, 7) is 2.96. The third-order valence-corrected chi connectivity index (χ3v) is 3.86. The highest BCUT2D eigenvalue weighted by Gasteiger charge is 2.45. The molecule has 1 aromatic rings. The highest BCUT2D eigenvalue weighted by atomic mass is 16.5. The molecule has 1 aromatic carbocycles. The quantitative estimate of drug-likeness (QED) is 0.833. The van der Waals surface area contributed by atoms with Gasteiger partial charge in [0.05, 0.1) is 39.5 Å². The summed E-state index contributed by atoms with van der Waals surface area (Å²) < 4.78 is 15.8. The first-order valence-electron chi connectivity index (χ1n) is 6.24. The minimum Gasteiger partial charge on any atom is -0.493 e. The summed E-state index contributed by atoms with van der Waals surface area (Å²) in [6, 6.07) is 3.50. The average Bonchev–Trinajstić information content (AvgIpc) is 2.37. The Bertz CT molecular complexity index is 451. The Balaban J connectivity index is 2.39. The second-order valence-corrected chi connectivity index (χ2v) is 5.05. The molecule has 1 atom stereocenters. The highest BCUT2D eigenvalue weighted by molar-refractivity contribution is 5.48. The fraction of sp³-hybridized carbons (Fsp3) is 0.571. The zero-order valence-corrected chi connectivity index (χ0v) is 11.6. The van der Waals surface area contributed by atoms with Crippen molar-refractivity contribution in [3.8, 4) is 11.5 Å². The lowest BCUT2D eigenvalue weighted by Gasteiger charge is -2.44. The molecule has 5 nitrogen and oxygen atoms in total. The van der Waals surface area contributed by atoms with Crippen LogP contribution in [0.2, 0.25) is 0 Å². The van der Waals surface area contributed by atoms with Crippen LogP contribution in [0.3, 0.4) is 0 Å². The molecule has 1 unspecified atom stereocenters. The van der Waals surface area contributed by atoms with Crippen LogP contribution < -0.4 is 15.2 Å². The molecule has 0 bridgehead atoms. The first-order chi connectivity index (χ1) is 9.07. The molecular formula is C14H21NO4. The molecule has 19 heavy (non-hydrogen) atoms. The third kappa shape index (κ3) is 2.29. The number of nitrogens with two attached hydrogens (primary N) is 1. The van der Waals surface area contributed by atoms with Gasteiger partial charge in [0.25, 0.3) is 0 Å². The Hall–Kier alpha value is -1.30. The van der Waals surface area contributed by atoms with E-state index in [1.54, 1.807) is 14.2 Å². The molecule has 0 amide bonds. The van der Waals surface area contributed by atoms with Crippen molar-refractivity contribution in [2.24, 2.45) is 11.1 Å². The van der Waals surface area contributed by atoms with Crippen LogP contribution in [-0.2, 0) is 4.74 Å². The predicted octanol–water partition coefficient (Wildman–Crippen LogP) is 1.02. The molecule has 106 valence electrons. The van der Waals surface area contributed by atoms with E-state index in [1.165, 1.54) is 0 Å². The van der Waals surface area contributed by atoms with E-state index in [-0.39, 0.29) is 18.1 Å². The van der Waals surface area contributed by atoms with Gasteiger partial charge in [0.15, 0.2) is 11.5 Å². The topological polar surface area (TPSA) is 73.9 Å². The molecule has 5 heteroatoms. The molecule has 0 radical (unpaired) electrons. The monoisotopic (exact) mass is 267 g/mol. The molecule has 1 saturated heterocycles. The molecule has 0 aliphatic carbocycles. The molecule has 2 rings (SSSR count). The van der Waals surface area contributed by atoms with E-state index in [9.17, 15) is 5.11 Å². The van der Waals surface area contributed by atoms with E-state index in [0.29, 0.717) is 24.7 Å². The fourth-order valence-electron chi connectivity index (χ4n) is 2.39. The van der Waals surface area contributed by atoms with E-state index in [4.69, 9.17) is 19.9 Å². The molecule has 3 N–H and O–H groups in total. The van der Waals surface area contributed by atoms with Crippen LogP contribution in [-0.4, -0.2) is 39.1 Å². The SMILES string of the molecule is COc1cc(C)c(C(N)C2(CO)COC2)cc1OC. The van der Waals surface area contributed by atoms with E-state index in [1.807, 2.05) is 19.1 Å². The number of methoxy groups -OCH3 is 2. The van der Waals surface area contributed by atoms with Crippen LogP contribution in [0, 0.1) is 12.3 Å². The minimum absolute atomic E-state index is 0.0158. The number of benzene rings is 1. The number of ether oxygens (including phenoxy) is 3. The molecule has 0 spiro atoms. The van der Waals surface area contributed by atoms with Crippen molar-refractivity contribution in [2.45, 2.75) is 13.0 Å². The Labute approximate surface area is 113 Å². The van der Waals surface area contributed by atoms with Gasteiger partial charge >= 0.3 is 0 Å². The third-order valence-electron chi connectivity index (χ3n) is 3.86. The average molecular weight is 267 g/mol. The van der Waals surface area contributed by atoms with Crippen molar-refractivity contribution in [1.82, 2.24) is 0 Å². The maximum absolute atomic E-state index is 9.57. The lowest BCUT2D eigenvalue weighted by atomic mass is 9.75.